The third kappa shape index (κ3) is 4.28. The second kappa shape index (κ2) is 6.72. The normalized spacial score (nSPS) is 20.6. The predicted octanol–water partition coefficient (Wildman–Crippen LogP) is 3.06. The van der Waals surface area contributed by atoms with Gasteiger partial charge in [0.15, 0.2) is 0 Å². The van der Waals surface area contributed by atoms with Crippen molar-refractivity contribution in [1.29, 1.82) is 0 Å². The van der Waals surface area contributed by atoms with E-state index >= 15 is 0 Å². The van der Waals surface area contributed by atoms with Gasteiger partial charge >= 0.3 is 0 Å². The third-order valence-electron chi connectivity index (χ3n) is 3.33. The first-order valence-corrected chi connectivity index (χ1v) is 6.72. The van der Waals surface area contributed by atoms with Crippen molar-refractivity contribution in [3.63, 3.8) is 0 Å². The van der Waals surface area contributed by atoms with Crippen LogP contribution in [0.25, 0.3) is 6.08 Å². The molecule has 2 heteroatoms. The maximum Gasteiger partial charge on any atom is 0.0507 e. The smallest absolute Gasteiger partial charge is 0.0507 e. The van der Waals surface area contributed by atoms with Gasteiger partial charge in [-0.05, 0) is 31.9 Å². The van der Waals surface area contributed by atoms with Crippen molar-refractivity contribution in [2.75, 3.05) is 33.4 Å². The molecule has 2 rings (SSSR count). The fraction of sp³-hybridized carbons (Fsp3) is 0.500. The number of benzene rings is 1. The van der Waals surface area contributed by atoms with E-state index in [9.17, 15) is 0 Å². The minimum Gasteiger partial charge on any atom is -0.381 e. The second-order valence-electron chi connectivity index (χ2n) is 5.33. The highest BCUT2D eigenvalue weighted by molar-refractivity contribution is 5.52. The molecule has 1 aliphatic heterocycles. The lowest BCUT2D eigenvalue weighted by Crippen LogP contribution is -2.27. The molecule has 0 aliphatic carbocycles. The molecule has 18 heavy (non-hydrogen) atoms. The van der Waals surface area contributed by atoms with Gasteiger partial charge in [0.25, 0.3) is 0 Å². The van der Waals surface area contributed by atoms with E-state index in [1.54, 1.807) is 0 Å². The minimum atomic E-state index is 0.722. The molecule has 1 aromatic rings. The van der Waals surface area contributed by atoms with Crippen LogP contribution in [0, 0.1) is 5.92 Å². The van der Waals surface area contributed by atoms with Crippen molar-refractivity contribution in [3.8, 4) is 0 Å². The molecule has 98 valence electrons. The van der Waals surface area contributed by atoms with Gasteiger partial charge in [0.1, 0.15) is 0 Å². The van der Waals surface area contributed by atoms with Crippen molar-refractivity contribution in [2.45, 2.75) is 13.3 Å². The zero-order chi connectivity index (χ0) is 12.8. The van der Waals surface area contributed by atoms with Crippen molar-refractivity contribution >= 4 is 6.08 Å². The Labute approximate surface area is 110 Å². The van der Waals surface area contributed by atoms with Gasteiger partial charge in [0.2, 0.25) is 0 Å². The fourth-order valence-corrected chi connectivity index (χ4v) is 2.54. The minimum absolute atomic E-state index is 0.722. The molecule has 0 amide bonds. The van der Waals surface area contributed by atoms with Gasteiger partial charge < -0.3 is 9.64 Å². The summed E-state index contributed by atoms with van der Waals surface area (Å²) >= 11 is 0. The summed E-state index contributed by atoms with van der Waals surface area (Å²) in [7, 11) is 2.20. The fourth-order valence-electron chi connectivity index (χ4n) is 2.54. The van der Waals surface area contributed by atoms with Gasteiger partial charge in [0, 0.05) is 19.7 Å². The van der Waals surface area contributed by atoms with Gasteiger partial charge in [-0.15, -0.1) is 0 Å². The number of rotatable bonds is 5. The second-order valence-corrected chi connectivity index (χ2v) is 5.33. The van der Waals surface area contributed by atoms with Crippen LogP contribution in [-0.2, 0) is 4.74 Å². The van der Waals surface area contributed by atoms with E-state index in [2.05, 4.69) is 55.3 Å². The van der Waals surface area contributed by atoms with Crippen LogP contribution in [-0.4, -0.2) is 38.3 Å². The van der Waals surface area contributed by atoms with Crippen molar-refractivity contribution < 1.29 is 4.74 Å². The molecule has 0 saturated carbocycles. The van der Waals surface area contributed by atoms with Crippen LogP contribution < -0.4 is 0 Å². The summed E-state index contributed by atoms with van der Waals surface area (Å²) < 4.78 is 5.42. The number of likely N-dealkylation sites (N-methyl/N-ethyl adjacent to an activating group) is 1. The summed E-state index contributed by atoms with van der Waals surface area (Å²) in [4.78, 5) is 2.40. The van der Waals surface area contributed by atoms with Crippen molar-refractivity contribution in [3.05, 3.63) is 41.5 Å². The Morgan fingerprint density at radius 3 is 2.83 bits per heavy atom. The summed E-state index contributed by atoms with van der Waals surface area (Å²) in [5.41, 5.74) is 2.69. The molecule has 1 aromatic carbocycles. The number of hydrogen-bond acceptors (Lipinski definition) is 2. The molecule has 1 heterocycles. The Hall–Kier alpha value is -1.12. The zero-order valence-corrected chi connectivity index (χ0v) is 11.4. The van der Waals surface area contributed by atoms with Crippen molar-refractivity contribution in [1.82, 2.24) is 4.90 Å². The Morgan fingerprint density at radius 2 is 2.17 bits per heavy atom. The molecule has 0 radical (unpaired) electrons. The lowest BCUT2D eigenvalue weighted by Gasteiger charge is -2.20. The molecule has 0 aromatic heterocycles. The molecule has 1 atom stereocenters. The van der Waals surface area contributed by atoms with E-state index in [1.807, 2.05) is 0 Å². The largest absolute Gasteiger partial charge is 0.381 e. The van der Waals surface area contributed by atoms with Crippen LogP contribution in [0.3, 0.4) is 0 Å². The van der Waals surface area contributed by atoms with Gasteiger partial charge in [-0.3, -0.25) is 0 Å². The molecule has 1 unspecified atom stereocenters. The van der Waals surface area contributed by atoms with E-state index in [4.69, 9.17) is 4.74 Å². The van der Waals surface area contributed by atoms with Gasteiger partial charge in [-0.25, -0.2) is 0 Å². The first kappa shape index (κ1) is 13.3. The van der Waals surface area contributed by atoms with E-state index < -0.39 is 0 Å². The van der Waals surface area contributed by atoms with E-state index in [-0.39, 0.29) is 0 Å². The summed E-state index contributed by atoms with van der Waals surface area (Å²) in [6, 6.07) is 10.5. The number of nitrogens with zero attached hydrogens (tertiary/aromatic N) is 1. The standard InChI is InChI=1S/C16H23NO/c1-14(10-15-6-4-3-5-7-15)11-17(2)12-16-8-9-18-13-16/h3-7,10,16H,8-9,11-13H2,1-2H3. The summed E-state index contributed by atoms with van der Waals surface area (Å²) in [6.07, 6.45) is 3.48. The summed E-state index contributed by atoms with van der Waals surface area (Å²) in [5.74, 6) is 0.722. The summed E-state index contributed by atoms with van der Waals surface area (Å²) in [6.45, 7) is 6.25. The molecular weight excluding hydrogens is 222 g/mol. The molecule has 0 bridgehead atoms. The van der Waals surface area contributed by atoms with E-state index in [1.165, 1.54) is 17.6 Å². The average Bonchev–Trinajstić information content (AvgIpc) is 2.82. The Kier molecular flexibility index (Phi) is 4.97. The third-order valence-corrected chi connectivity index (χ3v) is 3.33. The highest BCUT2D eigenvalue weighted by Gasteiger charge is 2.17. The maximum absolute atomic E-state index is 5.42. The van der Waals surface area contributed by atoms with Gasteiger partial charge in [-0.2, -0.15) is 0 Å². The Bertz CT molecular complexity index is 379. The predicted molar refractivity (Wildman–Crippen MR) is 76.5 cm³/mol. The van der Waals surface area contributed by atoms with Gasteiger partial charge in [-0.1, -0.05) is 42.0 Å². The monoisotopic (exact) mass is 245 g/mol. The lowest BCUT2D eigenvalue weighted by atomic mass is 10.1. The molecule has 1 fully saturated rings. The highest BCUT2D eigenvalue weighted by atomic mass is 16.5. The van der Waals surface area contributed by atoms with Crippen LogP contribution in [0.15, 0.2) is 35.9 Å². The van der Waals surface area contributed by atoms with Crippen LogP contribution in [0.1, 0.15) is 18.9 Å². The summed E-state index contributed by atoms with van der Waals surface area (Å²) in [5, 5.41) is 0. The maximum atomic E-state index is 5.42. The Morgan fingerprint density at radius 1 is 1.39 bits per heavy atom. The number of ether oxygens (including phenoxy) is 1. The van der Waals surface area contributed by atoms with Gasteiger partial charge in [0.05, 0.1) is 6.61 Å². The topological polar surface area (TPSA) is 12.5 Å². The first-order valence-electron chi connectivity index (χ1n) is 6.72. The van der Waals surface area contributed by atoms with E-state index in [0.29, 0.717) is 0 Å². The Balaban J connectivity index is 1.82. The van der Waals surface area contributed by atoms with Crippen LogP contribution >= 0.6 is 0 Å². The quantitative estimate of drug-likeness (QED) is 0.790. The van der Waals surface area contributed by atoms with Crippen LogP contribution in [0.4, 0.5) is 0 Å². The van der Waals surface area contributed by atoms with Crippen LogP contribution in [0.5, 0.6) is 0 Å². The van der Waals surface area contributed by atoms with E-state index in [0.717, 1.165) is 32.2 Å². The zero-order valence-electron chi connectivity index (χ0n) is 11.4. The molecule has 1 aliphatic rings. The first-order chi connectivity index (χ1) is 8.74. The molecule has 0 N–H and O–H groups in total. The molecule has 1 saturated heterocycles. The highest BCUT2D eigenvalue weighted by Crippen LogP contribution is 2.14. The van der Waals surface area contributed by atoms with Crippen molar-refractivity contribution in [2.24, 2.45) is 5.92 Å². The molecular formula is C16H23NO. The average molecular weight is 245 g/mol. The SMILES string of the molecule is CC(=Cc1ccccc1)CN(C)CC1CCOC1. The van der Waals surface area contributed by atoms with Crippen LogP contribution in [0.2, 0.25) is 0 Å². The molecule has 0 spiro atoms. The molecule has 2 nitrogen and oxygen atoms in total. The lowest BCUT2D eigenvalue weighted by molar-refractivity contribution is 0.176. The number of hydrogen-bond donors (Lipinski definition) is 0.